The number of fused-ring (bicyclic) bond motifs is 1. The van der Waals surface area contributed by atoms with Gasteiger partial charge in [-0.15, -0.1) is 0 Å². The lowest BCUT2D eigenvalue weighted by Gasteiger charge is -2.26. The van der Waals surface area contributed by atoms with Crippen LogP contribution >= 0.6 is 15.9 Å². The number of carboxylic acids is 1. The number of carbonyl (C=O) groups is 2. The van der Waals surface area contributed by atoms with Crippen LogP contribution in [0.3, 0.4) is 0 Å². The van der Waals surface area contributed by atoms with E-state index in [1.165, 1.54) is 16.2 Å². The van der Waals surface area contributed by atoms with Crippen molar-refractivity contribution in [2.45, 2.75) is 63.8 Å². The van der Waals surface area contributed by atoms with E-state index in [1.807, 2.05) is 0 Å². The number of rotatable bonds is 13. The van der Waals surface area contributed by atoms with E-state index in [0.29, 0.717) is 24.1 Å². The van der Waals surface area contributed by atoms with Crippen LogP contribution in [0.15, 0.2) is 39.7 Å². The molecule has 0 saturated heterocycles. The number of hydrogen-bond acceptors (Lipinski definition) is 6. The van der Waals surface area contributed by atoms with Crippen LogP contribution in [0.4, 0.5) is 5.82 Å². The number of carboxylic acid groups (broad SMARTS) is 1. The number of aromatic nitrogens is 2. The first kappa shape index (κ1) is 26.5. The summed E-state index contributed by atoms with van der Waals surface area (Å²) in [4.78, 5) is 42.5. The molecule has 0 bridgehead atoms. The van der Waals surface area contributed by atoms with E-state index >= 15 is 0 Å². The van der Waals surface area contributed by atoms with Crippen LogP contribution in [-0.2, 0) is 32.7 Å². The second kappa shape index (κ2) is 11.7. The molecule has 0 aromatic carbocycles. The third-order valence-corrected chi connectivity index (χ3v) is 7.97. The molecule has 2 N–H and O–H groups in total. The number of ketones is 1. The molecule has 0 radical (unpaired) electrons. The number of halogens is 1. The highest BCUT2D eigenvalue weighted by Crippen LogP contribution is 2.47. The van der Waals surface area contributed by atoms with E-state index in [9.17, 15) is 19.5 Å². The first-order chi connectivity index (χ1) is 17.3. The van der Waals surface area contributed by atoms with Gasteiger partial charge in [0.05, 0.1) is 10.5 Å². The average Bonchev–Trinajstić information content (AvgIpc) is 3.66. The largest absolute Gasteiger partial charge is 0.481 e. The number of pyridine rings is 2. The summed E-state index contributed by atoms with van der Waals surface area (Å²) >= 11 is 3.38. The number of aryl methyl sites for hydroxylation is 2. The summed E-state index contributed by atoms with van der Waals surface area (Å²) in [5.41, 5.74) is 1.13. The fourth-order valence-corrected chi connectivity index (χ4v) is 5.77. The summed E-state index contributed by atoms with van der Waals surface area (Å²) in [6.45, 7) is 3.44. The van der Waals surface area contributed by atoms with Gasteiger partial charge in [0, 0.05) is 37.4 Å². The topological polar surface area (TPSA) is 111 Å². The summed E-state index contributed by atoms with van der Waals surface area (Å²) in [5.74, 6) is -1.79. The molecule has 194 valence electrons. The maximum Gasteiger partial charge on any atom is 0.307 e. The summed E-state index contributed by atoms with van der Waals surface area (Å²) in [5, 5.41) is 13.2. The Morgan fingerprint density at radius 3 is 2.75 bits per heavy atom. The molecule has 1 aliphatic carbocycles. The smallest absolute Gasteiger partial charge is 0.307 e. The molecule has 1 aliphatic heterocycles. The predicted molar refractivity (Wildman–Crippen MR) is 140 cm³/mol. The predicted octanol–water partition coefficient (Wildman–Crippen LogP) is 4.19. The molecule has 36 heavy (non-hydrogen) atoms. The zero-order valence-electron chi connectivity index (χ0n) is 20.7. The zero-order chi connectivity index (χ0) is 25.7. The number of ether oxygens (including phenoxy) is 1. The molecule has 2 atom stereocenters. The third kappa shape index (κ3) is 5.89. The molecule has 2 aromatic heterocycles. The van der Waals surface area contributed by atoms with Crippen molar-refractivity contribution in [1.82, 2.24) is 9.55 Å². The Labute approximate surface area is 219 Å². The van der Waals surface area contributed by atoms with Crippen LogP contribution in [0, 0.1) is 11.8 Å². The van der Waals surface area contributed by atoms with Gasteiger partial charge in [0.2, 0.25) is 0 Å². The van der Waals surface area contributed by atoms with Gasteiger partial charge >= 0.3 is 5.97 Å². The monoisotopic (exact) mass is 559 g/mol. The quantitative estimate of drug-likeness (QED) is 0.279. The van der Waals surface area contributed by atoms with Crippen molar-refractivity contribution >= 4 is 33.5 Å². The highest BCUT2D eigenvalue weighted by molar-refractivity contribution is 9.10. The van der Waals surface area contributed by atoms with Crippen LogP contribution in [-0.4, -0.2) is 46.2 Å². The van der Waals surface area contributed by atoms with E-state index in [2.05, 4.69) is 33.4 Å². The van der Waals surface area contributed by atoms with E-state index < -0.39 is 23.3 Å². The zero-order valence-corrected chi connectivity index (χ0v) is 22.3. The Balaban J connectivity index is 1.23. The van der Waals surface area contributed by atoms with Gasteiger partial charge in [-0.05, 0) is 85.0 Å². The Morgan fingerprint density at radius 2 is 2.03 bits per heavy atom. The summed E-state index contributed by atoms with van der Waals surface area (Å²) in [6.07, 6.45) is 6.21. The highest BCUT2D eigenvalue weighted by Gasteiger charge is 2.55. The SMILES string of the molecule is CC(C(=O)C1(n2c(Br)cccc2=O)CC1)[C@@H](CCOCCCCc1ccc2c(n1)NCCC2)C(=O)O. The van der Waals surface area contributed by atoms with Gasteiger partial charge in [0.15, 0.2) is 5.78 Å². The van der Waals surface area contributed by atoms with Crippen molar-refractivity contribution in [3.8, 4) is 0 Å². The van der Waals surface area contributed by atoms with Gasteiger partial charge < -0.3 is 15.2 Å². The first-order valence-electron chi connectivity index (χ1n) is 12.8. The summed E-state index contributed by atoms with van der Waals surface area (Å²) < 4.78 is 7.73. The van der Waals surface area contributed by atoms with Crippen LogP contribution in [0.2, 0.25) is 0 Å². The second-order valence-corrected chi connectivity index (χ2v) is 10.7. The normalized spacial score (nSPS) is 17.5. The van der Waals surface area contributed by atoms with Crippen LogP contribution < -0.4 is 10.9 Å². The Hall–Kier alpha value is -2.52. The van der Waals surface area contributed by atoms with E-state index in [0.717, 1.165) is 50.2 Å². The minimum Gasteiger partial charge on any atom is -0.481 e. The van der Waals surface area contributed by atoms with Crippen molar-refractivity contribution in [2.75, 3.05) is 25.1 Å². The molecular weight excluding hydrogens is 526 g/mol. The maximum atomic E-state index is 13.4. The number of unbranched alkanes of at least 4 members (excludes halogenated alkanes) is 1. The second-order valence-electron chi connectivity index (χ2n) is 9.85. The van der Waals surface area contributed by atoms with Gasteiger partial charge in [-0.2, -0.15) is 0 Å². The Morgan fingerprint density at radius 1 is 1.22 bits per heavy atom. The number of anilines is 1. The molecule has 9 heteroatoms. The van der Waals surface area contributed by atoms with E-state index in [4.69, 9.17) is 9.72 Å². The van der Waals surface area contributed by atoms with E-state index in [1.54, 1.807) is 19.1 Å². The molecule has 2 aromatic rings. The summed E-state index contributed by atoms with van der Waals surface area (Å²) in [7, 11) is 0. The van der Waals surface area contributed by atoms with Crippen molar-refractivity contribution in [3.63, 3.8) is 0 Å². The van der Waals surface area contributed by atoms with Gasteiger partial charge in [-0.1, -0.05) is 19.1 Å². The van der Waals surface area contributed by atoms with Gasteiger partial charge in [0.1, 0.15) is 11.4 Å². The minimum atomic E-state index is -1.01. The molecule has 1 saturated carbocycles. The van der Waals surface area contributed by atoms with Gasteiger partial charge in [0.25, 0.3) is 5.56 Å². The molecule has 3 heterocycles. The molecule has 1 fully saturated rings. The fourth-order valence-electron chi connectivity index (χ4n) is 5.10. The van der Waals surface area contributed by atoms with Crippen molar-refractivity contribution in [3.05, 3.63) is 56.5 Å². The third-order valence-electron chi connectivity index (χ3n) is 7.35. The van der Waals surface area contributed by atoms with Crippen molar-refractivity contribution in [2.24, 2.45) is 11.8 Å². The molecule has 8 nitrogen and oxygen atoms in total. The van der Waals surface area contributed by atoms with Crippen LogP contribution in [0.25, 0.3) is 0 Å². The minimum absolute atomic E-state index is 0.198. The number of aliphatic carboxylic acids is 1. The maximum absolute atomic E-state index is 13.4. The number of hydrogen-bond donors (Lipinski definition) is 2. The molecule has 1 unspecified atom stereocenters. The Bertz CT molecular complexity index is 1160. The highest BCUT2D eigenvalue weighted by atomic mass is 79.9. The lowest BCUT2D eigenvalue weighted by atomic mass is 9.84. The molecule has 0 spiro atoms. The number of nitrogens with one attached hydrogen (secondary N) is 1. The van der Waals surface area contributed by atoms with Gasteiger partial charge in [-0.25, -0.2) is 4.98 Å². The summed E-state index contributed by atoms with van der Waals surface area (Å²) in [6, 6.07) is 9.03. The fraction of sp³-hybridized carbons (Fsp3) is 0.556. The lowest BCUT2D eigenvalue weighted by Crippen LogP contribution is -2.42. The van der Waals surface area contributed by atoms with Crippen molar-refractivity contribution < 1.29 is 19.4 Å². The average molecular weight is 560 g/mol. The standard InChI is InChI=1S/C27H34BrN3O5/c1-18(24(33)27(13-14-27)31-22(28)8-4-9-23(31)32)21(26(34)35)12-17-36-16-3-2-7-20-11-10-19-6-5-15-29-25(19)30-20/h4,8-11,18,21H,2-3,5-7,12-17H2,1H3,(H,29,30)(H,34,35)/t18?,21-/m1/s1. The van der Waals surface area contributed by atoms with E-state index in [-0.39, 0.29) is 24.4 Å². The Kier molecular flexibility index (Phi) is 8.62. The molecule has 2 aliphatic rings. The number of nitrogens with zero attached hydrogens (tertiary/aromatic N) is 2. The van der Waals surface area contributed by atoms with Crippen molar-refractivity contribution in [1.29, 1.82) is 0 Å². The first-order valence-corrected chi connectivity index (χ1v) is 13.6. The molecule has 4 rings (SSSR count). The lowest BCUT2D eigenvalue weighted by molar-refractivity contribution is -0.148. The number of Topliss-reactive ketones (excluding diaryl/α,β-unsaturated/α-hetero) is 1. The number of carbonyl (C=O) groups excluding carboxylic acids is 1. The molecular formula is C27H34BrN3O5. The van der Waals surface area contributed by atoms with Gasteiger partial charge in [-0.3, -0.25) is 19.0 Å². The molecule has 0 amide bonds. The van der Waals surface area contributed by atoms with Crippen LogP contribution in [0.5, 0.6) is 0 Å². The van der Waals surface area contributed by atoms with Crippen LogP contribution in [0.1, 0.15) is 56.7 Å².